The van der Waals surface area contributed by atoms with Crippen molar-refractivity contribution < 1.29 is 4.18 Å². The molecule has 0 saturated heterocycles. The molecule has 0 saturated carbocycles. The van der Waals surface area contributed by atoms with Gasteiger partial charge in [-0.1, -0.05) is 42.5 Å². The molecule has 0 fully saturated rings. The van der Waals surface area contributed by atoms with E-state index in [4.69, 9.17) is 4.18 Å². The van der Waals surface area contributed by atoms with E-state index in [-0.39, 0.29) is 5.25 Å². The van der Waals surface area contributed by atoms with Crippen LogP contribution >= 0.6 is 12.0 Å². The second-order valence-electron chi connectivity index (χ2n) is 7.03. The van der Waals surface area contributed by atoms with E-state index in [1.807, 2.05) is 12.4 Å². The van der Waals surface area contributed by atoms with Crippen LogP contribution in [0.25, 0.3) is 5.57 Å². The predicted molar refractivity (Wildman–Crippen MR) is 114 cm³/mol. The zero-order valence-electron chi connectivity index (χ0n) is 15.5. The summed E-state index contributed by atoms with van der Waals surface area (Å²) in [4.78, 5) is 4.15. The van der Waals surface area contributed by atoms with Crippen molar-refractivity contribution in [1.29, 1.82) is 0 Å². The summed E-state index contributed by atoms with van der Waals surface area (Å²) in [7, 11) is 0. The number of benzene rings is 2. The quantitative estimate of drug-likeness (QED) is 0.473. The van der Waals surface area contributed by atoms with E-state index in [0.717, 1.165) is 18.6 Å². The van der Waals surface area contributed by atoms with Crippen molar-refractivity contribution in [3.05, 3.63) is 101 Å². The molecule has 1 unspecified atom stereocenters. The van der Waals surface area contributed by atoms with Gasteiger partial charge < -0.3 is 4.18 Å². The average molecular weight is 374 g/mol. The van der Waals surface area contributed by atoms with Crippen molar-refractivity contribution in [2.45, 2.75) is 31.4 Å². The fraction of sp³-hybridized carbons (Fsp3) is 0.208. The Labute approximate surface area is 165 Å². The highest BCUT2D eigenvalue weighted by atomic mass is 32.2. The molecule has 1 aromatic heterocycles. The van der Waals surface area contributed by atoms with E-state index >= 15 is 0 Å². The maximum atomic E-state index is 6.18. The van der Waals surface area contributed by atoms with Gasteiger partial charge in [-0.05, 0) is 78.3 Å². The molecule has 3 heteroatoms. The van der Waals surface area contributed by atoms with Crippen LogP contribution in [0.1, 0.15) is 45.9 Å². The number of nitrogens with zero attached hydrogens (tertiary/aromatic N) is 1. The van der Waals surface area contributed by atoms with Gasteiger partial charge in [0.05, 0.1) is 17.3 Å². The van der Waals surface area contributed by atoms with Crippen LogP contribution in [0.4, 0.5) is 0 Å². The SMILES string of the molecule is C=C1CCCc2cc(OSC(c3ccncc3)c3ccc(C)cc3)ccc21. The van der Waals surface area contributed by atoms with E-state index in [2.05, 4.69) is 73.1 Å². The van der Waals surface area contributed by atoms with Crippen molar-refractivity contribution >= 4 is 17.6 Å². The van der Waals surface area contributed by atoms with Crippen LogP contribution in [0.3, 0.4) is 0 Å². The van der Waals surface area contributed by atoms with Crippen LogP contribution < -0.4 is 4.18 Å². The van der Waals surface area contributed by atoms with Crippen LogP contribution in [0, 0.1) is 6.92 Å². The Hall–Kier alpha value is -2.52. The molecule has 0 radical (unpaired) electrons. The minimum atomic E-state index is 0.0968. The van der Waals surface area contributed by atoms with E-state index in [0.29, 0.717) is 0 Å². The summed E-state index contributed by atoms with van der Waals surface area (Å²) < 4.78 is 6.18. The molecule has 0 bridgehead atoms. The molecule has 1 atom stereocenters. The van der Waals surface area contributed by atoms with Gasteiger partial charge in [-0.25, -0.2) is 0 Å². The Kier molecular flexibility index (Phi) is 5.30. The van der Waals surface area contributed by atoms with Crippen molar-refractivity contribution in [1.82, 2.24) is 4.98 Å². The number of aromatic nitrogens is 1. The summed E-state index contributed by atoms with van der Waals surface area (Å²) in [5.74, 6) is 0.902. The lowest BCUT2D eigenvalue weighted by Crippen LogP contribution is -2.02. The van der Waals surface area contributed by atoms with Crippen molar-refractivity contribution in [3.8, 4) is 5.75 Å². The number of hydrogen-bond acceptors (Lipinski definition) is 3. The molecule has 1 heterocycles. The Morgan fingerprint density at radius 2 is 1.70 bits per heavy atom. The zero-order valence-corrected chi connectivity index (χ0v) is 16.3. The average Bonchev–Trinajstić information content (AvgIpc) is 2.70. The maximum Gasteiger partial charge on any atom is 0.137 e. The Balaban J connectivity index is 1.57. The zero-order chi connectivity index (χ0) is 18.6. The summed E-state index contributed by atoms with van der Waals surface area (Å²) >= 11 is 1.49. The van der Waals surface area contributed by atoms with E-state index in [1.54, 1.807) is 0 Å². The summed E-state index contributed by atoms with van der Waals surface area (Å²) in [6.45, 7) is 6.30. The van der Waals surface area contributed by atoms with Crippen molar-refractivity contribution in [2.24, 2.45) is 0 Å². The topological polar surface area (TPSA) is 22.1 Å². The minimum Gasteiger partial charge on any atom is -0.425 e. The lowest BCUT2D eigenvalue weighted by Gasteiger charge is -2.20. The molecule has 4 rings (SSSR count). The molecular formula is C24H23NOS. The summed E-state index contributed by atoms with van der Waals surface area (Å²) in [6.07, 6.45) is 7.04. The third-order valence-electron chi connectivity index (χ3n) is 5.01. The first kappa shape index (κ1) is 17.9. The Bertz CT molecular complexity index is 934. The molecule has 27 heavy (non-hydrogen) atoms. The standard InChI is InChI=1S/C24H23NOS/c1-17-6-8-19(9-7-17)24(20-12-14-25-15-13-20)27-26-22-10-11-23-18(2)4-3-5-21(23)16-22/h6-16,24H,2-5H2,1H3. The lowest BCUT2D eigenvalue weighted by atomic mass is 9.88. The second-order valence-corrected chi connectivity index (χ2v) is 7.86. The van der Waals surface area contributed by atoms with E-state index in [1.165, 1.54) is 51.9 Å². The largest absolute Gasteiger partial charge is 0.425 e. The van der Waals surface area contributed by atoms with E-state index in [9.17, 15) is 0 Å². The van der Waals surface area contributed by atoms with Crippen LogP contribution in [0.2, 0.25) is 0 Å². The first-order valence-electron chi connectivity index (χ1n) is 9.31. The molecule has 0 amide bonds. The first-order chi connectivity index (χ1) is 13.2. The number of hydrogen-bond donors (Lipinski definition) is 0. The van der Waals surface area contributed by atoms with Gasteiger partial charge in [0.2, 0.25) is 0 Å². The molecule has 136 valence electrons. The lowest BCUT2D eigenvalue weighted by molar-refractivity contribution is 0.637. The molecule has 0 aliphatic heterocycles. The maximum absolute atomic E-state index is 6.18. The van der Waals surface area contributed by atoms with Gasteiger partial charge in [0, 0.05) is 12.4 Å². The first-order valence-corrected chi connectivity index (χ1v) is 10.1. The van der Waals surface area contributed by atoms with Gasteiger partial charge in [-0.15, -0.1) is 0 Å². The third-order valence-corrected chi connectivity index (χ3v) is 6.04. The monoisotopic (exact) mass is 373 g/mol. The van der Waals surface area contributed by atoms with Crippen LogP contribution in [-0.4, -0.2) is 4.98 Å². The minimum absolute atomic E-state index is 0.0968. The molecular weight excluding hydrogens is 350 g/mol. The molecule has 0 spiro atoms. The normalized spacial score (nSPS) is 14.5. The van der Waals surface area contributed by atoms with Crippen LogP contribution in [0.15, 0.2) is 73.6 Å². The molecule has 3 aromatic rings. The van der Waals surface area contributed by atoms with Gasteiger partial charge in [0.15, 0.2) is 0 Å². The number of allylic oxidation sites excluding steroid dienone is 1. The molecule has 0 N–H and O–H groups in total. The van der Waals surface area contributed by atoms with Crippen LogP contribution in [0.5, 0.6) is 5.75 Å². The second kappa shape index (κ2) is 8.01. The fourth-order valence-corrected chi connectivity index (χ4v) is 4.33. The highest BCUT2D eigenvalue weighted by molar-refractivity contribution is 7.95. The Morgan fingerprint density at radius 3 is 2.48 bits per heavy atom. The number of pyridine rings is 1. The number of fused-ring (bicyclic) bond motifs is 1. The molecule has 1 aliphatic rings. The molecule has 2 aromatic carbocycles. The summed E-state index contributed by atoms with van der Waals surface area (Å²) in [5, 5.41) is 0.0968. The van der Waals surface area contributed by atoms with Gasteiger partial charge in [0.25, 0.3) is 0 Å². The van der Waals surface area contributed by atoms with Gasteiger partial charge in [-0.3, -0.25) is 4.98 Å². The predicted octanol–water partition coefficient (Wildman–Crippen LogP) is 6.56. The van der Waals surface area contributed by atoms with Gasteiger partial charge in [-0.2, -0.15) is 0 Å². The number of aryl methyl sites for hydroxylation is 2. The smallest absolute Gasteiger partial charge is 0.137 e. The molecule has 1 aliphatic carbocycles. The Morgan fingerprint density at radius 1 is 0.963 bits per heavy atom. The van der Waals surface area contributed by atoms with Crippen LogP contribution in [-0.2, 0) is 6.42 Å². The highest BCUT2D eigenvalue weighted by Crippen LogP contribution is 2.38. The molecule has 2 nitrogen and oxygen atoms in total. The summed E-state index contributed by atoms with van der Waals surface area (Å²) in [6, 6.07) is 19.1. The third kappa shape index (κ3) is 4.09. The van der Waals surface area contributed by atoms with Crippen molar-refractivity contribution in [3.63, 3.8) is 0 Å². The number of rotatable bonds is 5. The van der Waals surface area contributed by atoms with Gasteiger partial charge in [0.1, 0.15) is 5.75 Å². The van der Waals surface area contributed by atoms with Gasteiger partial charge >= 0.3 is 0 Å². The fourth-order valence-electron chi connectivity index (χ4n) is 3.49. The highest BCUT2D eigenvalue weighted by Gasteiger charge is 2.18. The summed E-state index contributed by atoms with van der Waals surface area (Å²) in [5.41, 5.74) is 7.55. The van der Waals surface area contributed by atoms with Crippen molar-refractivity contribution in [2.75, 3.05) is 0 Å². The van der Waals surface area contributed by atoms with E-state index < -0.39 is 0 Å².